The fraction of sp³-hybridized carbons (Fsp3) is 0.550. The highest BCUT2D eigenvalue weighted by Gasteiger charge is 2.33. The van der Waals surface area contributed by atoms with Gasteiger partial charge in [-0.15, -0.1) is 0 Å². The molecule has 0 saturated carbocycles. The van der Waals surface area contributed by atoms with E-state index in [2.05, 4.69) is 12.2 Å². The van der Waals surface area contributed by atoms with Gasteiger partial charge in [-0.1, -0.05) is 33.1 Å². The van der Waals surface area contributed by atoms with Gasteiger partial charge in [0, 0.05) is 19.2 Å². The maximum absolute atomic E-state index is 12.8. The van der Waals surface area contributed by atoms with E-state index in [1.54, 1.807) is 13.0 Å². The third-order valence-corrected chi connectivity index (χ3v) is 3.97. The molecule has 142 valence electrons. The molecule has 0 bridgehead atoms. The highest BCUT2D eigenvalue weighted by Crippen LogP contribution is 2.26. The smallest absolute Gasteiger partial charge is 0.308 e. The third kappa shape index (κ3) is 6.49. The number of nitriles is 1. The number of hydrogen-bond donors (Lipinski definition) is 1. The quantitative estimate of drug-likeness (QED) is 0.384. The van der Waals surface area contributed by atoms with Crippen molar-refractivity contribution in [3.63, 3.8) is 0 Å². The molecule has 0 heterocycles. The molecule has 0 unspecified atom stereocenters. The number of carbonyl (C=O) groups excluding carboxylic acids is 2. The van der Waals surface area contributed by atoms with Gasteiger partial charge in [0.15, 0.2) is 0 Å². The van der Waals surface area contributed by atoms with Crippen molar-refractivity contribution in [2.45, 2.75) is 65.4 Å². The molecule has 1 N–H and O–H groups in total. The highest BCUT2D eigenvalue weighted by molar-refractivity contribution is 5.97. The number of amides is 1. The van der Waals surface area contributed by atoms with E-state index >= 15 is 0 Å². The van der Waals surface area contributed by atoms with Crippen molar-refractivity contribution in [2.24, 2.45) is 0 Å². The minimum atomic E-state index is -0.924. The van der Waals surface area contributed by atoms with Gasteiger partial charge in [0.25, 0.3) is 5.91 Å². The summed E-state index contributed by atoms with van der Waals surface area (Å²) in [6.07, 6.45) is 4.46. The molecule has 0 aliphatic heterocycles. The van der Waals surface area contributed by atoms with Crippen molar-refractivity contribution in [3.8, 4) is 11.8 Å². The van der Waals surface area contributed by atoms with E-state index in [1.165, 1.54) is 19.1 Å². The van der Waals surface area contributed by atoms with Crippen LogP contribution in [-0.4, -0.2) is 24.1 Å². The Morgan fingerprint density at radius 2 is 1.96 bits per heavy atom. The van der Waals surface area contributed by atoms with E-state index in [4.69, 9.17) is 9.47 Å². The summed E-state index contributed by atoms with van der Waals surface area (Å²) in [6.45, 7) is 7.68. The lowest BCUT2D eigenvalue weighted by molar-refractivity contribution is -0.140. The van der Waals surface area contributed by atoms with E-state index in [0.717, 1.165) is 25.7 Å². The summed E-state index contributed by atoms with van der Waals surface area (Å²) in [6, 6.07) is 6.56. The molecule has 0 fully saturated rings. The average Bonchev–Trinajstić information content (AvgIpc) is 2.61. The zero-order valence-electron chi connectivity index (χ0n) is 16.1. The molecule has 26 heavy (non-hydrogen) atoms. The highest BCUT2D eigenvalue weighted by atomic mass is 16.5. The van der Waals surface area contributed by atoms with E-state index in [0.29, 0.717) is 18.7 Å². The number of unbranched alkanes of at least 4 members (excludes halogenated alkanes) is 2. The van der Waals surface area contributed by atoms with Crippen molar-refractivity contribution >= 4 is 17.6 Å². The van der Waals surface area contributed by atoms with Gasteiger partial charge in [-0.05, 0) is 38.0 Å². The molecule has 1 amide bonds. The van der Waals surface area contributed by atoms with E-state index in [-0.39, 0.29) is 17.2 Å². The summed E-state index contributed by atoms with van der Waals surface area (Å²) in [5.41, 5.74) is -0.281. The van der Waals surface area contributed by atoms with Gasteiger partial charge >= 0.3 is 5.97 Å². The summed E-state index contributed by atoms with van der Waals surface area (Å²) < 4.78 is 10.8. The first kappa shape index (κ1) is 21.7. The van der Waals surface area contributed by atoms with E-state index in [9.17, 15) is 14.9 Å². The van der Waals surface area contributed by atoms with Crippen LogP contribution in [0.2, 0.25) is 0 Å². The van der Waals surface area contributed by atoms with Crippen molar-refractivity contribution in [1.82, 2.24) is 0 Å². The van der Waals surface area contributed by atoms with Crippen LogP contribution in [-0.2, 0) is 14.3 Å². The monoisotopic (exact) mass is 360 g/mol. The van der Waals surface area contributed by atoms with E-state index < -0.39 is 11.6 Å². The molecular formula is C20H28N2O4. The number of benzene rings is 1. The summed E-state index contributed by atoms with van der Waals surface area (Å²) in [5, 5.41) is 12.0. The fourth-order valence-electron chi connectivity index (χ4n) is 2.49. The fourth-order valence-corrected chi connectivity index (χ4v) is 2.49. The minimum absolute atomic E-state index is 0.172. The number of rotatable bonds is 10. The topological polar surface area (TPSA) is 88.4 Å². The van der Waals surface area contributed by atoms with Crippen LogP contribution in [0.3, 0.4) is 0 Å². The van der Waals surface area contributed by atoms with Gasteiger partial charge in [-0.3, -0.25) is 9.59 Å². The first-order valence-corrected chi connectivity index (χ1v) is 9.04. The summed E-state index contributed by atoms with van der Waals surface area (Å²) in [5.74, 6) is -0.577. The van der Waals surface area contributed by atoms with Crippen LogP contribution in [0.25, 0.3) is 0 Å². The van der Waals surface area contributed by atoms with Crippen LogP contribution in [0.1, 0.15) is 65.4 Å². The van der Waals surface area contributed by atoms with Gasteiger partial charge in [0.2, 0.25) is 0 Å². The minimum Gasteiger partial charge on any atom is -0.425 e. The molecule has 1 atom stereocenters. The molecule has 1 aromatic rings. The summed E-state index contributed by atoms with van der Waals surface area (Å²) in [7, 11) is 0. The maximum Gasteiger partial charge on any atom is 0.308 e. The second kappa shape index (κ2) is 10.6. The van der Waals surface area contributed by atoms with Crippen molar-refractivity contribution in [1.29, 1.82) is 5.26 Å². The van der Waals surface area contributed by atoms with Crippen molar-refractivity contribution < 1.29 is 19.1 Å². The van der Waals surface area contributed by atoms with Crippen LogP contribution in [0.4, 0.5) is 5.69 Å². The molecule has 0 saturated heterocycles. The molecule has 0 radical (unpaired) electrons. The lowest BCUT2D eigenvalue weighted by Gasteiger charge is -2.29. The molecule has 6 nitrogen and oxygen atoms in total. The Balaban J connectivity index is 2.93. The zero-order valence-corrected chi connectivity index (χ0v) is 16.1. The summed E-state index contributed by atoms with van der Waals surface area (Å²) >= 11 is 0. The normalized spacial score (nSPS) is 12.7. The number of hydrogen-bond acceptors (Lipinski definition) is 5. The number of anilines is 1. The van der Waals surface area contributed by atoms with Gasteiger partial charge in [0.05, 0.1) is 5.56 Å². The van der Waals surface area contributed by atoms with Crippen molar-refractivity contribution in [3.05, 3.63) is 23.8 Å². The zero-order chi connectivity index (χ0) is 19.6. The number of esters is 1. The van der Waals surface area contributed by atoms with Crippen LogP contribution >= 0.6 is 0 Å². The second-order valence-electron chi connectivity index (χ2n) is 6.41. The standard InChI is InChI=1S/C20H28N2O4/c1-5-7-8-11-20(4,25-12-6-2)19(24)22-17-9-10-18(26-15(3)23)16(13-17)14-21/h9-10,13H,5-8,11-12H2,1-4H3,(H,22,24)/t20-/m1/s1. The molecule has 0 aliphatic rings. The van der Waals surface area contributed by atoms with Gasteiger partial charge < -0.3 is 14.8 Å². The van der Waals surface area contributed by atoms with Crippen LogP contribution in [0.5, 0.6) is 5.75 Å². The van der Waals surface area contributed by atoms with E-state index in [1.807, 2.05) is 13.0 Å². The summed E-state index contributed by atoms with van der Waals surface area (Å²) in [4.78, 5) is 23.9. The van der Waals surface area contributed by atoms with Crippen LogP contribution in [0.15, 0.2) is 18.2 Å². The molecule has 0 spiro atoms. The first-order chi connectivity index (χ1) is 12.4. The molecule has 0 aromatic heterocycles. The Kier molecular flexibility index (Phi) is 8.80. The largest absolute Gasteiger partial charge is 0.425 e. The third-order valence-electron chi connectivity index (χ3n) is 3.97. The lowest BCUT2D eigenvalue weighted by Crippen LogP contribution is -2.43. The number of nitrogens with zero attached hydrogens (tertiary/aromatic N) is 1. The van der Waals surface area contributed by atoms with Gasteiger partial charge in [-0.2, -0.15) is 5.26 Å². The molecular weight excluding hydrogens is 332 g/mol. The second-order valence-corrected chi connectivity index (χ2v) is 6.41. The van der Waals surface area contributed by atoms with Gasteiger partial charge in [0.1, 0.15) is 17.4 Å². The predicted molar refractivity (Wildman–Crippen MR) is 99.9 cm³/mol. The lowest BCUT2D eigenvalue weighted by atomic mass is 9.96. The SMILES string of the molecule is CCCCC[C@@](C)(OCCC)C(=O)Nc1ccc(OC(C)=O)c(C#N)c1. The van der Waals surface area contributed by atoms with Crippen LogP contribution < -0.4 is 10.1 Å². The Morgan fingerprint density at radius 1 is 1.23 bits per heavy atom. The number of nitrogens with one attached hydrogen (secondary N) is 1. The Morgan fingerprint density at radius 3 is 2.54 bits per heavy atom. The molecule has 0 aliphatic carbocycles. The molecule has 1 rings (SSSR count). The number of carbonyl (C=O) groups is 2. The molecule has 1 aromatic carbocycles. The van der Waals surface area contributed by atoms with Crippen molar-refractivity contribution in [2.75, 3.05) is 11.9 Å². The van der Waals surface area contributed by atoms with Crippen LogP contribution in [0, 0.1) is 11.3 Å². The van der Waals surface area contributed by atoms with Gasteiger partial charge in [-0.25, -0.2) is 0 Å². The number of ether oxygens (including phenoxy) is 2. The first-order valence-electron chi connectivity index (χ1n) is 9.04. The predicted octanol–water partition coefficient (Wildman–Crippen LogP) is 4.19. The Labute approximate surface area is 155 Å². The Hall–Kier alpha value is -2.39. The maximum atomic E-state index is 12.8. The Bertz CT molecular complexity index is 666. The molecule has 6 heteroatoms. The average molecular weight is 360 g/mol.